The molecule has 0 saturated carbocycles. The molecule has 0 fully saturated rings. The van der Waals surface area contributed by atoms with E-state index in [2.05, 4.69) is 4.98 Å². The lowest BCUT2D eigenvalue weighted by Crippen LogP contribution is -2.19. The summed E-state index contributed by atoms with van der Waals surface area (Å²) in [5.41, 5.74) is 1.63. The predicted molar refractivity (Wildman–Crippen MR) is 62.7 cm³/mol. The van der Waals surface area contributed by atoms with Gasteiger partial charge in [-0.25, -0.2) is 9.78 Å². The number of carboxylic acid groups (broad SMARTS) is 1. The first-order valence-electron chi connectivity index (χ1n) is 5.56. The maximum Gasteiger partial charge on any atom is 0.372 e. The number of benzene rings is 1. The zero-order valence-electron chi connectivity index (χ0n) is 9.41. The van der Waals surface area contributed by atoms with Crippen molar-refractivity contribution in [2.75, 3.05) is 0 Å². The number of hydrogen-bond acceptors (Lipinski definition) is 3. The number of Topliss-reactive ketones (excluding diaryl/α,β-unsaturated/α-hetero) is 1. The van der Waals surface area contributed by atoms with E-state index < -0.39 is 12.0 Å². The van der Waals surface area contributed by atoms with Gasteiger partial charge in [-0.3, -0.25) is 4.79 Å². The molecule has 0 saturated heterocycles. The summed E-state index contributed by atoms with van der Waals surface area (Å²) >= 11 is 0. The van der Waals surface area contributed by atoms with Crippen LogP contribution in [0.3, 0.4) is 0 Å². The Hall–Kier alpha value is -2.43. The van der Waals surface area contributed by atoms with Crippen molar-refractivity contribution in [3.05, 3.63) is 53.6 Å². The minimum absolute atomic E-state index is 0.0499. The fourth-order valence-electron chi connectivity index (χ4n) is 2.37. The Balaban J connectivity index is 2.04. The van der Waals surface area contributed by atoms with Crippen molar-refractivity contribution >= 4 is 11.8 Å². The molecule has 0 bridgehead atoms. The predicted octanol–water partition coefficient (Wildman–Crippen LogP) is 1.56. The first-order valence-corrected chi connectivity index (χ1v) is 5.56. The molecule has 90 valence electrons. The van der Waals surface area contributed by atoms with E-state index in [-0.39, 0.29) is 11.6 Å². The van der Waals surface area contributed by atoms with E-state index in [1.54, 1.807) is 6.07 Å². The van der Waals surface area contributed by atoms with Crippen LogP contribution in [0.2, 0.25) is 0 Å². The van der Waals surface area contributed by atoms with Gasteiger partial charge >= 0.3 is 5.97 Å². The number of aromatic carboxylic acids is 1. The molecule has 1 aromatic carbocycles. The number of hydrogen-bond donors (Lipinski definition) is 1. The Morgan fingerprint density at radius 2 is 2.17 bits per heavy atom. The van der Waals surface area contributed by atoms with Crippen LogP contribution in [0.15, 0.2) is 36.7 Å². The molecule has 18 heavy (non-hydrogen) atoms. The highest BCUT2D eigenvalue weighted by Crippen LogP contribution is 2.30. The number of ketones is 1. The third kappa shape index (κ3) is 1.44. The molecule has 1 atom stereocenters. The molecule has 1 aliphatic carbocycles. The highest BCUT2D eigenvalue weighted by atomic mass is 16.4. The van der Waals surface area contributed by atoms with Crippen molar-refractivity contribution in [2.24, 2.45) is 0 Å². The van der Waals surface area contributed by atoms with Gasteiger partial charge in [-0.05, 0) is 5.56 Å². The number of imidazole rings is 1. The number of fused-ring (bicyclic) bond motifs is 1. The fourth-order valence-corrected chi connectivity index (χ4v) is 2.37. The lowest BCUT2D eigenvalue weighted by molar-refractivity contribution is 0.0675. The number of carbonyl (C=O) groups is 2. The van der Waals surface area contributed by atoms with Crippen molar-refractivity contribution in [1.82, 2.24) is 9.55 Å². The molecule has 3 rings (SSSR count). The minimum atomic E-state index is -1.12. The molecule has 0 aliphatic heterocycles. The normalized spacial score (nSPS) is 17.8. The number of nitrogens with zero attached hydrogens (tertiary/aromatic N) is 2. The second kappa shape index (κ2) is 3.80. The third-order valence-electron chi connectivity index (χ3n) is 3.19. The van der Waals surface area contributed by atoms with Crippen LogP contribution < -0.4 is 0 Å². The summed E-state index contributed by atoms with van der Waals surface area (Å²) < 4.78 is 1.44. The van der Waals surface area contributed by atoms with Crippen LogP contribution in [-0.2, 0) is 6.42 Å². The van der Waals surface area contributed by atoms with Gasteiger partial charge in [0.1, 0.15) is 6.04 Å². The topological polar surface area (TPSA) is 72.2 Å². The second-order valence-corrected chi connectivity index (χ2v) is 4.20. The van der Waals surface area contributed by atoms with E-state index in [4.69, 9.17) is 5.11 Å². The Morgan fingerprint density at radius 3 is 2.89 bits per heavy atom. The van der Waals surface area contributed by atoms with Crippen LogP contribution in [0.25, 0.3) is 0 Å². The first kappa shape index (κ1) is 10.7. The second-order valence-electron chi connectivity index (χ2n) is 4.20. The van der Waals surface area contributed by atoms with Crippen molar-refractivity contribution in [1.29, 1.82) is 0 Å². The van der Waals surface area contributed by atoms with E-state index in [1.165, 1.54) is 17.0 Å². The molecule has 0 radical (unpaired) electrons. The molecule has 5 heteroatoms. The van der Waals surface area contributed by atoms with E-state index in [9.17, 15) is 9.59 Å². The zero-order chi connectivity index (χ0) is 12.7. The molecule has 5 nitrogen and oxygen atoms in total. The summed E-state index contributed by atoms with van der Waals surface area (Å²) in [6, 6.07) is 6.86. The molecular weight excluding hydrogens is 232 g/mol. The van der Waals surface area contributed by atoms with Crippen LogP contribution in [-0.4, -0.2) is 26.4 Å². The Kier molecular flexibility index (Phi) is 2.26. The largest absolute Gasteiger partial charge is 0.475 e. The lowest BCUT2D eigenvalue weighted by Gasteiger charge is -2.11. The monoisotopic (exact) mass is 242 g/mol. The number of carboxylic acids is 1. The maximum absolute atomic E-state index is 12.2. The van der Waals surface area contributed by atoms with Gasteiger partial charge in [-0.2, -0.15) is 0 Å². The number of aromatic nitrogens is 2. The van der Waals surface area contributed by atoms with Crippen LogP contribution in [0.1, 0.15) is 32.6 Å². The van der Waals surface area contributed by atoms with Crippen LogP contribution in [0, 0.1) is 0 Å². The summed E-state index contributed by atoms with van der Waals surface area (Å²) in [4.78, 5) is 27.0. The molecule has 1 unspecified atom stereocenters. The van der Waals surface area contributed by atoms with Crippen LogP contribution in [0.4, 0.5) is 0 Å². The van der Waals surface area contributed by atoms with Gasteiger partial charge in [0.2, 0.25) is 5.82 Å². The molecule has 1 aliphatic rings. The standard InChI is InChI=1S/C13H10N2O3/c16-11-9-4-2-1-3-8(9)7-10(11)15-6-5-14-12(15)13(17)18/h1-6,10H,7H2,(H,17,18). The minimum Gasteiger partial charge on any atom is -0.475 e. The SMILES string of the molecule is O=C(O)c1nccn1C1Cc2ccccc2C1=O. The van der Waals surface area contributed by atoms with Crippen LogP contribution in [0.5, 0.6) is 0 Å². The van der Waals surface area contributed by atoms with Gasteiger partial charge in [0.05, 0.1) is 0 Å². The van der Waals surface area contributed by atoms with Gasteiger partial charge in [-0.15, -0.1) is 0 Å². The average Bonchev–Trinajstić information content (AvgIpc) is 2.94. The Morgan fingerprint density at radius 1 is 1.39 bits per heavy atom. The first-order chi connectivity index (χ1) is 8.68. The van der Waals surface area contributed by atoms with E-state index in [0.29, 0.717) is 12.0 Å². The Bertz CT molecular complexity index is 645. The number of carbonyl (C=O) groups excluding carboxylic acids is 1. The molecule has 0 amide bonds. The highest BCUT2D eigenvalue weighted by Gasteiger charge is 2.33. The summed E-state index contributed by atoms with van der Waals surface area (Å²) in [7, 11) is 0. The quantitative estimate of drug-likeness (QED) is 0.867. The fraction of sp³-hybridized carbons (Fsp3) is 0.154. The van der Waals surface area contributed by atoms with Crippen molar-refractivity contribution in [3.8, 4) is 0 Å². The van der Waals surface area contributed by atoms with Gasteiger partial charge in [-0.1, -0.05) is 24.3 Å². The zero-order valence-corrected chi connectivity index (χ0v) is 9.41. The van der Waals surface area contributed by atoms with E-state index in [0.717, 1.165) is 5.56 Å². The molecule has 1 aromatic heterocycles. The van der Waals surface area contributed by atoms with Gasteiger partial charge < -0.3 is 9.67 Å². The van der Waals surface area contributed by atoms with Gasteiger partial charge in [0.15, 0.2) is 5.78 Å². The number of rotatable bonds is 2. The van der Waals surface area contributed by atoms with Crippen molar-refractivity contribution in [2.45, 2.75) is 12.5 Å². The molecular formula is C13H10N2O3. The summed E-state index contributed by atoms with van der Waals surface area (Å²) in [5.74, 6) is -1.27. The smallest absolute Gasteiger partial charge is 0.372 e. The lowest BCUT2D eigenvalue weighted by atomic mass is 10.1. The van der Waals surface area contributed by atoms with E-state index >= 15 is 0 Å². The van der Waals surface area contributed by atoms with Crippen molar-refractivity contribution in [3.63, 3.8) is 0 Å². The summed E-state index contributed by atoms with van der Waals surface area (Å²) in [5, 5.41) is 9.02. The summed E-state index contributed by atoms with van der Waals surface area (Å²) in [6.07, 6.45) is 3.46. The van der Waals surface area contributed by atoms with Crippen LogP contribution >= 0.6 is 0 Å². The summed E-state index contributed by atoms with van der Waals surface area (Å²) in [6.45, 7) is 0. The van der Waals surface area contributed by atoms with Gasteiger partial charge in [0.25, 0.3) is 0 Å². The van der Waals surface area contributed by atoms with Crippen molar-refractivity contribution < 1.29 is 14.7 Å². The molecule has 1 heterocycles. The molecule has 1 N–H and O–H groups in total. The van der Waals surface area contributed by atoms with E-state index in [1.807, 2.05) is 18.2 Å². The molecule has 0 spiro atoms. The highest BCUT2D eigenvalue weighted by molar-refractivity contribution is 6.03. The average molecular weight is 242 g/mol. The Labute approximate surface area is 103 Å². The maximum atomic E-state index is 12.2. The third-order valence-corrected chi connectivity index (χ3v) is 3.19. The van der Waals surface area contributed by atoms with Gasteiger partial charge in [0, 0.05) is 24.4 Å². The molecule has 2 aromatic rings.